The van der Waals surface area contributed by atoms with E-state index in [2.05, 4.69) is 4.98 Å². The predicted octanol–water partition coefficient (Wildman–Crippen LogP) is 3.32. The zero-order valence-corrected chi connectivity index (χ0v) is 9.19. The summed E-state index contributed by atoms with van der Waals surface area (Å²) in [5.41, 5.74) is -3.93. The standard InChI is InChI=1S/C9H5ClF5NO2/c10-4-2-16-7(9(13,14)15)3(1-5(17)18)6(4)8(11)12/h2,8H,1H2,(H,17,18). The van der Waals surface area contributed by atoms with E-state index in [9.17, 15) is 26.7 Å². The van der Waals surface area contributed by atoms with Gasteiger partial charge in [0.15, 0.2) is 0 Å². The van der Waals surface area contributed by atoms with Gasteiger partial charge >= 0.3 is 12.1 Å². The van der Waals surface area contributed by atoms with Crippen LogP contribution < -0.4 is 0 Å². The third-order valence-electron chi connectivity index (χ3n) is 1.99. The highest BCUT2D eigenvalue weighted by Gasteiger charge is 2.38. The van der Waals surface area contributed by atoms with Crippen molar-refractivity contribution < 1.29 is 31.9 Å². The highest BCUT2D eigenvalue weighted by molar-refractivity contribution is 6.31. The number of alkyl halides is 5. The van der Waals surface area contributed by atoms with Crippen LogP contribution in [0.25, 0.3) is 0 Å². The van der Waals surface area contributed by atoms with Crippen molar-refractivity contribution >= 4 is 17.6 Å². The molecule has 0 aliphatic heterocycles. The molecule has 0 bridgehead atoms. The molecule has 1 aromatic rings. The maximum Gasteiger partial charge on any atom is 0.433 e. The number of rotatable bonds is 3. The Labute approximate surface area is 102 Å². The molecule has 0 atom stereocenters. The smallest absolute Gasteiger partial charge is 0.433 e. The molecule has 1 heterocycles. The number of nitrogens with zero attached hydrogens (tertiary/aromatic N) is 1. The Morgan fingerprint density at radius 1 is 1.44 bits per heavy atom. The largest absolute Gasteiger partial charge is 0.481 e. The SMILES string of the molecule is O=C(O)Cc1c(C(F)(F)F)ncc(Cl)c1C(F)F. The van der Waals surface area contributed by atoms with Crippen molar-refractivity contribution in [2.24, 2.45) is 0 Å². The Morgan fingerprint density at radius 3 is 2.39 bits per heavy atom. The molecule has 0 saturated heterocycles. The fourth-order valence-electron chi connectivity index (χ4n) is 1.35. The van der Waals surface area contributed by atoms with E-state index >= 15 is 0 Å². The van der Waals surface area contributed by atoms with Crippen molar-refractivity contribution in [3.63, 3.8) is 0 Å². The van der Waals surface area contributed by atoms with Crippen LogP contribution in [0.2, 0.25) is 5.02 Å². The Morgan fingerprint density at radius 2 is 2.00 bits per heavy atom. The predicted molar refractivity (Wildman–Crippen MR) is 50.5 cm³/mol. The summed E-state index contributed by atoms with van der Waals surface area (Å²) in [5.74, 6) is -1.69. The molecule has 0 fully saturated rings. The summed E-state index contributed by atoms with van der Waals surface area (Å²) >= 11 is 5.33. The van der Waals surface area contributed by atoms with Crippen molar-refractivity contribution in [3.05, 3.63) is 28.0 Å². The van der Waals surface area contributed by atoms with E-state index in [4.69, 9.17) is 16.7 Å². The second kappa shape index (κ2) is 5.05. The van der Waals surface area contributed by atoms with Gasteiger partial charge in [-0.25, -0.2) is 13.8 Å². The number of carbonyl (C=O) groups is 1. The molecule has 3 nitrogen and oxygen atoms in total. The molecular formula is C9H5ClF5NO2. The molecule has 0 spiro atoms. The number of aromatic nitrogens is 1. The van der Waals surface area contributed by atoms with Gasteiger partial charge in [0.2, 0.25) is 0 Å². The summed E-state index contributed by atoms with van der Waals surface area (Å²) in [6.07, 6.45) is -9.16. The first kappa shape index (κ1) is 14.6. The molecular weight excluding hydrogens is 285 g/mol. The van der Waals surface area contributed by atoms with Crippen LogP contribution in [0.3, 0.4) is 0 Å². The van der Waals surface area contributed by atoms with Crippen LogP contribution in [0, 0.1) is 0 Å². The number of carboxylic acids is 1. The highest BCUT2D eigenvalue weighted by atomic mass is 35.5. The Bertz CT molecular complexity index is 475. The lowest BCUT2D eigenvalue weighted by molar-refractivity contribution is -0.142. The molecule has 0 radical (unpaired) electrons. The molecule has 0 aliphatic carbocycles. The quantitative estimate of drug-likeness (QED) is 0.869. The summed E-state index contributed by atoms with van der Waals surface area (Å²) in [7, 11) is 0. The maximum atomic E-state index is 12.6. The second-order valence-corrected chi connectivity index (χ2v) is 3.62. The summed E-state index contributed by atoms with van der Waals surface area (Å²) in [5, 5.41) is 7.77. The summed E-state index contributed by atoms with van der Waals surface area (Å²) in [6, 6.07) is 0. The van der Waals surface area contributed by atoms with E-state index < -0.39 is 46.8 Å². The third kappa shape index (κ3) is 3.06. The van der Waals surface area contributed by atoms with Crippen LogP contribution in [-0.2, 0) is 17.4 Å². The first-order valence-electron chi connectivity index (χ1n) is 4.39. The fourth-order valence-corrected chi connectivity index (χ4v) is 1.60. The van der Waals surface area contributed by atoms with E-state index in [-0.39, 0.29) is 0 Å². The number of hydrogen-bond acceptors (Lipinski definition) is 2. The average molecular weight is 290 g/mol. The van der Waals surface area contributed by atoms with Gasteiger partial charge in [-0.3, -0.25) is 4.79 Å². The molecule has 1 aromatic heterocycles. The maximum absolute atomic E-state index is 12.6. The van der Waals surface area contributed by atoms with Gasteiger partial charge in [-0.05, 0) is 0 Å². The van der Waals surface area contributed by atoms with Crippen LogP contribution in [0.15, 0.2) is 6.20 Å². The number of halogens is 6. The van der Waals surface area contributed by atoms with Crippen LogP contribution >= 0.6 is 11.6 Å². The summed E-state index contributed by atoms with van der Waals surface area (Å²) in [4.78, 5) is 13.3. The van der Waals surface area contributed by atoms with Gasteiger partial charge < -0.3 is 5.11 Å². The van der Waals surface area contributed by atoms with Crippen molar-refractivity contribution in [2.75, 3.05) is 0 Å². The van der Waals surface area contributed by atoms with Crippen molar-refractivity contribution in [2.45, 2.75) is 19.0 Å². The molecule has 1 rings (SSSR count). The number of aliphatic carboxylic acids is 1. The zero-order chi connectivity index (χ0) is 14.1. The van der Waals surface area contributed by atoms with Crippen molar-refractivity contribution in [1.82, 2.24) is 4.98 Å². The molecule has 0 aliphatic rings. The Kier molecular flexibility index (Phi) is 4.10. The van der Waals surface area contributed by atoms with Crippen LogP contribution in [0.4, 0.5) is 22.0 Å². The lowest BCUT2D eigenvalue weighted by Crippen LogP contribution is -2.17. The molecule has 1 N–H and O–H groups in total. The van der Waals surface area contributed by atoms with E-state index in [1.807, 2.05) is 0 Å². The summed E-state index contributed by atoms with van der Waals surface area (Å²) < 4.78 is 62.9. The molecule has 0 aromatic carbocycles. The van der Waals surface area contributed by atoms with Crippen LogP contribution in [-0.4, -0.2) is 16.1 Å². The van der Waals surface area contributed by atoms with Gasteiger partial charge in [0.1, 0.15) is 5.69 Å². The van der Waals surface area contributed by atoms with Crippen LogP contribution in [0.1, 0.15) is 23.2 Å². The molecule has 9 heteroatoms. The number of carboxylic acid groups (broad SMARTS) is 1. The lowest BCUT2D eigenvalue weighted by Gasteiger charge is -2.15. The van der Waals surface area contributed by atoms with Gasteiger partial charge in [0.05, 0.1) is 11.4 Å². The third-order valence-corrected chi connectivity index (χ3v) is 2.29. The molecule has 100 valence electrons. The summed E-state index contributed by atoms with van der Waals surface area (Å²) in [6.45, 7) is 0. The fraction of sp³-hybridized carbons (Fsp3) is 0.333. The zero-order valence-electron chi connectivity index (χ0n) is 8.43. The molecule has 0 unspecified atom stereocenters. The van der Waals surface area contributed by atoms with Gasteiger partial charge in [-0.2, -0.15) is 13.2 Å². The first-order chi connectivity index (χ1) is 8.14. The highest BCUT2D eigenvalue weighted by Crippen LogP contribution is 2.38. The normalized spacial score (nSPS) is 11.9. The van der Waals surface area contributed by atoms with Gasteiger partial charge in [-0.1, -0.05) is 11.6 Å². The lowest BCUT2D eigenvalue weighted by atomic mass is 10.0. The van der Waals surface area contributed by atoms with Gasteiger partial charge in [-0.15, -0.1) is 0 Å². The molecule has 0 saturated carbocycles. The minimum Gasteiger partial charge on any atom is -0.481 e. The second-order valence-electron chi connectivity index (χ2n) is 3.22. The topological polar surface area (TPSA) is 50.2 Å². The van der Waals surface area contributed by atoms with Gasteiger partial charge in [0, 0.05) is 17.3 Å². The number of pyridine rings is 1. The monoisotopic (exact) mass is 289 g/mol. The average Bonchev–Trinajstić information content (AvgIpc) is 2.13. The van der Waals surface area contributed by atoms with Crippen molar-refractivity contribution in [1.29, 1.82) is 0 Å². The van der Waals surface area contributed by atoms with E-state index in [0.29, 0.717) is 6.20 Å². The van der Waals surface area contributed by atoms with Crippen molar-refractivity contribution in [3.8, 4) is 0 Å². The first-order valence-corrected chi connectivity index (χ1v) is 4.76. The Balaban J connectivity index is 3.54. The molecule has 0 amide bonds. The minimum absolute atomic E-state index is 0.428. The van der Waals surface area contributed by atoms with E-state index in [0.717, 1.165) is 0 Å². The minimum atomic E-state index is -5.03. The van der Waals surface area contributed by atoms with E-state index in [1.165, 1.54) is 0 Å². The van der Waals surface area contributed by atoms with E-state index in [1.54, 1.807) is 0 Å². The number of hydrogen-bond donors (Lipinski definition) is 1. The molecule has 18 heavy (non-hydrogen) atoms. The van der Waals surface area contributed by atoms with Gasteiger partial charge in [0.25, 0.3) is 6.43 Å². The van der Waals surface area contributed by atoms with Crippen LogP contribution in [0.5, 0.6) is 0 Å². The Hall–Kier alpha value is -1.44.